The lowest BCUT2D eigenvalue weighted by Crippen LogP contribution is -2.30. The highest BCUT2D eigenvalue weighted by molar-refractivity contribution is 7.86. The molecule has 0 saturated heterocycles. The summed E-state index contributed by atoms with van der Waals surface area (Å²) < 4.78 is 29.2. The fourth-order valence-corrected chi connectivity index (χ4v) is 2.96. The molecule has 1 aliphatic rings. The SMILES string of the molecule is O=S(=O)(OCC1(CO)C=CC=CC1)c1ccc(Cl)cc1. The van der Waals surface area contributed by atoms with E-state index in [4.69, 9.17) is 15.8 Å². The molecule has 0 aromatic heterocycles. The summed E-state index contributed by atoms with van der Waals surface area (Å²) in [6, 6.07) is 5.76. The Morgan fingerprint density at radius 1 is 1.25 bits per heavy atom. The third-order valence-corrected chi connectivity index (χ3v) is 4.67. The topological polar surface area (TPSA) is 63.6 Å². The van der Waals surface area contributed by atoms with Crippen molar-refractivity contribution >= 4 is 21.7 Å². The van der Waals surface area contributed by atoms with Crippen molar-refractivity contribution < 1.29 is 17.7 Å². The monoisotopic (exact) mass is 314 g/mol. The first-order chi connectivity index (χ1) is 9.47. The van der Waals surface area contributed by atoms with Gasteiger partial charge in [-0.3, -0.25) is 4.18 Å². The number of benzene rings is 1. The largest absolute Gasteiger partial charge is 0.395 e. The number of rotatable bonds is 5. The third kappa shape index (κ3) is 3.49. The minimum atomic E-state index is -3.85. The molecule has 0 saturated carbocycles. The van der Waals surface area contributed by atoms with Crippen LogP contribution in [0.15, 0.2) is 53.5 Å². The molecular formula is C14H15ClO4S. The van der Waals surface area contributed by atoms with Crippen molar-refractivity contribution in [1.82, 2.24) is 0 Å². The summed E-state index contributed by atoms with van der Waals surface area (Å²) in [5, 5.41) is 9.92. The van der Waals surface area contributed by atoms with Gasteiger partial charge in [0.2, 0.25) is 0 Å². The molecule has 0 aliphatic heterocycles. The van der Waals surface area contributed by atoms with Gasteiger partial charge in [-0.15, -0.1) is 0 Å². The Morgan fingerprint density at radius 3 is 2.50 bits per heavy atom. The first kappa shape index (κ1) is 15.3. The second-order valence-corrected chi connectivity index (χ2v) is 6.73. The molecule has 6 heteroatoms. The van der Waals surface area contributed by atoms with E-state index in [0.29, 0.717) is 11.4 Å². The van der Waals surface area contributed by atoms with Crippen molar-refractivity contribution in [2.24, 2.45) is 5.41 Å². The van der Waals surface area contributed by atoms with Gasteiger partial charge in [0, 0.05) is 10.4 Å². The normalized spacial score (nSPS) is 22.1. The van der Waals surface area contributed by atoms with E-state index >= 15 is 0 Å². The number of halogens is 1. The number of hydrogen-bond donors (Lipinski definition) is 1. The predicted octanol–water partition coefficient (Wildman–Crippen LogP) is 2.54. The maximum atomic E-state index is 12.1. The summed E-state index contributed by atoms with van der Waals surface area (Å²) in [5.74, 6) is 0. The molecule has 1 atom stereocenters. The van der Waals surface area contributed by atoms with Gasteiger partial charge in [-0.2, -0.15) is 8.42 Å². The molecule has 1 aromatic carbocycles. The zero-order valence-electron chi connectivity index (χ0n) is 10.7. The van der Waals surface area contributed by atoms with Gasteiger partial charge >= 0.3 is 0 Å². The van der Waals surface area contributed by atoms with Crippen LogP contribution in [-0.4, -0.2) is 26.7 Å². The van der Waals surface area contributed by atoms with Gasteiger partial charge in [0.25, 0.3) is 10.1 Å². The van der Waals surface area contributed by atoms with E-state index in [1.165, 1.54) is 24.3 Å². The molecule has 0 spiro atoms. The Hall–Kier alpha value is -1.14. The molecule has 1 unspecified atom stereocenters. The number of aliphatic hydroxyl groups is 1. The first-order valence-electron chi connectivity index (χ1n) is 6.08. The van der Waals surface area contributed by atoms with Crippen LogP contribution in [0.2, 0.25) is 5.02 Å². The van der Waals surface area contributed by atoms with Crippen molar-refractivity contribution in [3.63, 3.8) is 0 Å². The third-order valence-electron chi connectivity index (χ3n) is 3.14. The van der Waals surface area contributed by atoms with Crippen LogP contribution in [0.1, 0.15) is 6.42 Å². The highest BCUT2D eigenvalue weighted by atomic mass is 35.5. The molecule has 4 nitrogen and oxygen atoms in total. The Balaban J connectivity index is 2.11. The summed E-state index contributed by atoms with van der Waals surface area (Å²) in [4.78, 5) is 0.0466. The van der Waals surface area contributed by atoms with Gasteiger partial charge in [0.15, 0.2) is 0 Å². The average molecular weight is 315 g/mol. The molecule has 2 rings (SSSR count). The Labute approximate surface area is 123 Å². The van der Waals surface area contributed by atoms with E-state index in [2.05, 4.69) is 0 Å². The standard InChI is InChI=1S/C14H15ClO4S/c15-12-4-6-13(7-5-12)20(17,18)19-11-14(10-16)8-2-1-3-9-14/h1-8,16H,9-11H2. The lowest BCUT2D eigenvalue weighted by Gasteiger charge is -2.28. The fraction of sp³-hybridized carbons (Fsp3) is 0.286. The lowest BCUT2D eigenvalue weighted by molar-refractivity contribution is 0.110. The smallest absolute Gasteiger partial charge is 0.297 e. The molecule has 0 radical (unpaired) electrons. The molecule has 20 heavy (non-hydrogen) atoms. The van der Waals surface area contributed by atoms with Crippen LogP contribution in [-0.2, 0) is 14.3 Å². The zero-order valence-corrected chi connectivity index (χ0v) is 12.3. The first-order valence-corrected chi connectivity index (χ1v) is 7.86. The van der Waals surface area contributed by atoms with Gasteiger partial charge in [0.1, 0.15) is 0 Å². The van der Waals surface area contributed by atoms with Gasteiger partial charge in [-0.1, -0.05) is 35.9 Å². The molecule has 1 aromatic rings. The van der Waals surface area contributed by atoms with Crippen molar-refractivity contribution in [3.05, 3.63) is 53.6 Å². The van der Waals surface area contributed by atoms with E-state index < -0.39 is 15.5 Å². The summed E-state index contributed by atoms with van der Waals surface area (Å²) >= 11 is 5.72. The summed E-state index contributed by atoms with van der Waals surface area (Å²) in [5.41, 5.74) is -0.686. The van der Waals surface area contributed by atoms with Crippen LogP contribution in [0.4, 0.5) is 0 Å². The van der Waals surface area contributed by atoms with Crippen LogP contribution in [0.25, 0.3) is 0 Å². The van der Waals surface area contributed by atoms with Crippen molar-refractivity contribution in [1.29, 1.82) is 0 Å². The van der Waals surface area contributed by atoms with E-state index in [1.54, 1.807) is 12.2 Å². The Bertz CT molecular complexity index is 619. The van der Waals surface area contributed by atoms with Crippen LogP contribution in [0.5, 0.6) is 0 Å². The molecule has 0 fully saturated rings. The van der Waals surface area contributed by atoms with Crippen LogP contribution >= 0.6 is 11.6 Å². The zero-order chi connectivity index (χ0) is 14.6. The molecule has 1 aliphatic carbocycles. The van der Waals surface area contributed by atoms with Gasteiger partial charge < -0.3 is 5.11 Å². The molecule has 0 bridgehead atoms. The summed E-state index contributed by atoms with van der Waals surface area (Å²) in [6.45, 7) is -0.278. The number of aliphatic hydroxyl groups excluding tert-OH is 1. The highest BCUT2D eigenvalue weighted by Gasteiger charge is 2.30. The highest BCUT2D eigenvalue weighted by Crippen LogP contribution is 2.29. The van der Waals surface area contributed by atoms with Crippen molar-refractivity contribution in [3.8, 4) is 0 Å². The average Bonchev–Trinajstić information content (AvgIpc) is 2.47. The number of hydrogen-bond acceptors (Lipinski definition) is 4. The molecule has 0 heterocycles. The molecule has 1 N–H and O–H groups in total. The van der Waals surface area contributed by atoms with E-state index in [1.807, 2.05) is 12.2 Å². The second kappa shape index (κ2) is 6.10. The minimum Gasteiger partial charge on any atom is -0.395 e. The van der Waals surface area contributed by atoms with Crippen LogP contribution in [0, 0.1) is 5.41 Å². The minimum absolute atomic E-state index is 0.0466. The fourth-order valence-electron chi connectivity index (χ4n) is 1.84. The maximum Gasteiger partial charge on any atom is 0.297 e. The summed E-state index contributed by atoms with van der Waals surface area (Å²) in [6.07, 6.45) is 7.80. The number of allylic oxidation sites excluding steroid dienone is 3. The van der Waals surface area contributed by atoms with Crippen LogP contribution < -0.4 is 0 Å². The van der Waals surface area contributed by atoms with Gasteiger partial charge in [-0.05, 0) is 30.7 Å². The Kier molecular flexibility index (Phi) is 4.65. The van der Waals surface area contributed by atoms with E-state index in [0.717, 1.165) is 0 Å². The second-order valence-electron chi connectivity index (χ2n) is 4.68. The Morgan fingerprint density at radius 2 is 1.95 bits per heavy atom. The van der Waals surface area contributed by atoms with Gasteiger partial charge in [-0.25, -0.2) is 0 Å². The lowest BCUT2D eigenvalue weighted by atomic mass is 9.83. The van der Waals surface area contributed by atoms with Gasteiger partial charge in [0.05, 0.1) is 18.1 Å². The van der Waals surface area contributed by atoms with Crippen LogP contribution in [0.3, 0.4) is 0 Å². The van der Waals surface area contributed by atoms with E-state index in [9.17, 15) is 13.5 Å². The quantitative estimate of drug-likeness (QED) is 0.848. The molecule has 108 valence electrons. The molecule has 0 amide bonds. The van der Waals surface area contributed by atoms with Crippen molar-refractivity contribution in [2.75, 3.05) is 13.2 Å². The van der Waals surface area contributed by atoms with E-state index in [-0.39, 0.29) is 18.1 Å². The molecular weight excluding hydrogens is 300 g/mol. The summed E-state index contributed by atoms with van der Waals surface area (Å²) in [7, 11) is -3.85. The predicted molar refractivity (Wildman–Crippen MR) is 77.0 cm³/mol. The maximum absolute atomic E-state index is 12.1. The van der Waals surface area contributed by atoms with Crippen molar-refractivity contribution in [2.45, 2.75) is 11.3 Å².